The molecule has 1 saturated heterocycles. The maximum atomic E-state index is 14.1. The number of aliphatic hydroxyl groups is 1. The van der Waals surface area contributed by atoms with Crippen LogP contribution in [-0.4, -0.2) is 82.0 Å². The van der Waals surface area contributed by atoms with Gasteiger partial charge in [-0.2, -0.15) is 0 Å². The van der Waals surface area contributed by atoms with Gasteiger partial charge in [-0.3, -0.25) is 14.5 Å². The topological polar surface area (TPSA) is 99.5 Å². The van der Waals surface area contributed by atoms with Crippen molar-refractivity contribution in [1.82, 2.24) is 9.80 Å². The predicted octanol–water partition coefficient (Wildman–Crippen LogP) is 4.87. The Labute approximate surface area is 263 Å². The van der Waals surface area contributed by atoms with Gasteiger partial charge >= 0.3 is 6.36 Å². The Kier molecular flexibility index (Phi) is 7.17. The van der Waals surface area contributed by atoms with Crippen molar-refractivity contribution in [1.29, 1.82) is 0 Å². The molecule has 0 aromatic heterocycles. The molecule has 1 saturated carbocycles. The number of halogens is 3. The number of likely N-dealkylation sites (tertiary alicyclic amines) is 1. The molecule has 3 aromatic carbocycles. The normalized spacial score (nSPS) is 28.1. The number of nitrogens with zero attached hydrogens (tertiary/aromatic N) is 2. The van der Waals surface area contributed by atoms with Gasteiger partial charge in [-0.15, -0.1) is 13.2 Å². The maximum absolute atomic E-state index is 14.1. The highest BCUT2D eigenvalue weighted by molar-refractivity contribution is 6.06. The molecule has 46 heavy (non-hydrogen) atoms. The fraction of sp³-hybridized carbons (Fsp3) is 0.371. The van der Waals surface area contributed by atoms with Crippen molar-refractivity contribution in [3.8, 4) is 17.2 Å². The third kappa shape index (κ3) is 4.67. The standard InChI is InChI=1S/C35H33F3N2O6/c1-39(27(42)13-10-22-8-5-9-23(20-22)46-35(36,37)38)25-14-16-34(44)31-29(43)24-11-12-26(41)30-28(24)33(34,32(25)45-30)17-19-40(31)18-15-21-6-3-2-4-7-21/h2-13,20,25,31-32,41,44H,14-19H2,1H3/t25-,31+,32-,33-,34+/m0/s1. The molecule has 2 heterocycles. The lowest BCUT2D eigenvalue weighted by Crippen LogP contribution is -2.79. The van der Waals surface area contributed by atoms with Crippen LogP contribution in [0.4, 0.5) is 13.2 Å². The Morgan fingerprint density at radius 1 is 1.13 bits per heavy atom. The molecule has 1 spiro atoms. The van der Waals surface area contributed by atoms with Crippen molar-refractivity contribution in [2.75, 3.05) is 20.1 Å². The number of phenols is 1. The molecule has 2 fully saturated rings. The number of amides is 1. The van der Waals surface area contributed by atoms with Gasteiger partial charge in [0.05, 0.1) is 11.5 Å². The van der Waals surface area contributed by atoms with Crippen LogP contribution in [-0.2, 0) is 16.6 Å². The maximum Gasteiger partial charge on any atom is 0.573 e. The minimum absolute atomic E-state index is 0.129. The molecule has 2 aliphatic heterocycles. The molecule has 3 aromatic rings. The van der Waals surface area contributed by atoms with Crippen LogP contribution in [0.3, 0.4) is 0 Å². The van der Waals surface area contributed by atoms with Crippen molar-refractivity contribution in [3.63, 3.8) is 0 Å². The summed E-state index contributed by atoms with van der Waals surface area (Å²) in [6.45, 7) is 1.09. The second-order valence-corrected chi connectivity index (χ2v) is 12.6. The molecule has 0 unspecified atom stereocenters. The first-order chi connectivity index (χ1) is 21.9. The van der Waals surface area contributed by atoms with E-state index in [0.717, 1.165) is 5.56 Å². The predicted molar refractivity (Wildman–Crippen MR) is 162 cm³/mol. The number of alkyl halides is 3. The summed E-state index contributed by atoms with van der Waals surface area (Å²) < 4.78 is 48.5. The number of piperidine rings is 1. The molecule has 8 nitrogen and oxygen atoms in total. The Morgan fingerprint density at radius 3 is 2.67 bits per heavy atom. The fourth-order valence-electron chi connectivity index (χ4n) is 8.29. The number of carbonyl (C=O) groups is 2. The second kappa shape index (κ2) is 10.9. The molecule has 240 valence electrons. The molecule has 11 heteroatoms. The van der Waals surface area contributed by atoms with E-state index >= 15 is 0 Å². The van der Waals surface area contributed by atoms with E-state index in [9.17, 15) is 33.0 Å². The van der Waals surface area contributed by atoms with Gasteiger partial charge in [-0.05, 0) is 67.2 Å². The van der Waals surface area contributed by atoms with Gasteiger partial charge in [0, 0.05) is 37.3 Å². The van der Waals surface area contributed by atoms with Gasteiger partial charge in [-0.25, -0.2) is 0 Å². The smallest absolute Gasteiger partial charge is 0.504 e. The number of benzene rings is 3. The Bertz CT molecular complexity index is 1730. The van der Waals surface area contributed by atoms with Crippen molar-refractivity contribution >= 4 is 17.8 Å². The van der Waals surface area contributed by atoms with Gasteiger partial charge in [0.2, 0.25) is 5.91 Å². The molecular weight excluding hydrogens is 601 g/mol. The van der Waals surface area contributed by atoms with Crippen LogP contribution < -0.4 is 9.47 Å². The summed E-state index contributed by atoms with van der Waals surface area (Å²) in [5.74, 6) is -0.965. The molecular formula is C35H33F3N2O6. The Balaban J connectivity index is 1.19. The number of hydrogen-bond donors (Lipinski definition) is 2. The monoisotopic (exact) mass is 634 g/mol. The summed E-state index contributed by atoms with van der Waals surface area (Å²) in [6.07, 6.45) is -1.18. The molecule has 2 N–H and O–H groups in total. The van der Waals surface area contributed by atoms with E-state index in [2.05, 4.69) is 9.64 Å². The number of rotatable bonds is 7. The summed E-state index contributed by atoms with van der Waals surface area (Å²) in [4.78, 5) is 31.2. The highest BCUT2D eigenvalue weighted by atomic mass is 19.4. The van der Waals surface area contributed by atoms with Crippen molar-refractivity contribution < 1.29 is 42.4 Å². The van der Waals surface area contributed by atoms with Crippen LogP contribution in [0.1, 0.15) is 46.3 Å². The lowest BCUT2D eigenvalue weighted by atomic mass is 9.48. The summed E-state index contributed by atoms with van der Waals surface area (Å²) in [5, 5.41) is 23.6. The number of phenolic OH excluding ortho intramolecular Hbond substituents is 1. The van der Waals surface area contributed by atoms with E-state index in [1.54, 1.807) is 19.2 Å². The first-order valence-corrected chi connectivity index (χ1v) is 15.3. The number of Topliss-reactive ketones (excluding diaryl/α,β-unsaturated/α-hetero) is 1. The zero-order valence-electron chi connectivity index (χ0n) is 25.0. The quantitative estimate of drug-likeness (QED) is 0.358. The number of carbonyl (C=O) groups excluding carboxylic acids is 2. The summed E-state index contributed by atoms with van der Waals surface area (Å²) >= 11 is 0. The average Bonchev–Trinajstić information content (AvgIpc) is 3.37. The number of hydrogen-bond acceptors (Lipinski definition) is 7. The van der Waals surface area contributed by atoms with Crippen LogP contribution in [0, 0.1) is 0 Å². The van der Waals surface area contributed by atoms with Crippen molar-refractivity contribution in [2.45, 2.75) is 61.2 Å². The van der Waals surface area contributed by atoms with Gasteiger partial charge in [-0.1, -0.05) is 42.5 Å². The minimum atomic E-state index is -4.84. The minimum Gasteiger partial charge on any atom is -0.504 e. The van der Waals surface area contributed by atoms with E-state index in [-0.39, 0.29) is 23.7 Å². The van der Waals surface area contributed by atoms with Crippen LogP contribution in [0.15, 0.2) is 72.8 Å². The summed E-state index contributed by atoms with van der Waals surface area (Å²) in [5.41, 5.74) is -0.121. The van der Waals surface area contributed by atoms with E-state index in [4.69, 9.17) is 4.74 Å². The molecule has 2 bridgehead atoms. The first kappa shape index (κ1) is 30.3. The SMILES string of the molecule is CN(C(=O)C=Cc1cccc(OC(F)(F)F)c1)[C@H]1CC[C@@]2(O)[C@H]3C(=O)c4ccc(O)c5c4[C@@]2(CCN3CCc2ccccc2)[C@H]1O5. The van der Waals surface area contributed by atoms with Gasteiger partial charge in [0.1, 0.15) is 23.5 Å². The third-order valence-corrected chi connectivity index (χ3v) is 10.3. The summed E-state index contributed by atoms with van der Waals surface area (Å²) in [7, 11) is 1.62. The zero-order valence-corrected chi connectivity index (χ0v) is 25.0. The van der Waals surface area contributed by atoms with E-state index in [1.165, 1.54) is 41.3 Å². The lowest BCUT2D eigenvalue weighted by Gasteiger charge is -2.63. The largest absolute Gasteiger partial charge is 0.573 e. The van der Waals surface area contributed by atoms with Crippen LogP contribution in [0.5, 0.6) is 17.2 Å². The number of aromatic hydroxyl groups is 1. The molecule has 1 amide bonds. The molecule has 7 rings (SSSR count). The number of ether oxygens (including phenoxy) is 2. The number of likely N-dealkylation sites (N-methyl/N-ethyl adjacent to an activating group) is 1. The van der Waals surface area contributed by atoms with E-state index < -0.39 is 47.2 Å². The van der Waals surface area contributed by atoms with E-state index in [0.29, 0.717) is 49.0 Å². The summed E-state index contributed by atoms with van der Waals surface area (Å²) in [6, 6.07) is 17.0. The van der Waals surface area contributed by atoms with Gasteiger partial charge in [0.25, 0.3) is 0 Å². The first-order valence-electron chi connectivity index (χ1n) is 15.3. The van der Waals surface area contributed by atoms with Crippen molar-refractivity contribution in [2.24, 2.45) is 0 Å². The fourth-order valence-corrected chi connectivity index (χ4v) is 8.29. The lowest BCUT2D eigenvalue weighted by molar-refractivity contribution is -0.274. The highest BCUT2D eigenvalue weighted by Gasteiger charge is 2.75. The average molecular weight is 635 g/mol. The Morgan fingerprint density at radius 2 is 1.91 bits per heavy atom. The molecule has 5 atom stereocenters. The van der Waals surface area contributed by atoms with Crippen LogP contribution in [0.2, 0.25) is 0 Å². The Hall–Kier alpha value is -4.35. The highest BCUT2D eigenvalue weighted by Crippen LogP contribution is 2.65. The van der Waals surface area contributed by atoms with Crippen LogP contribution in [0.25, 0.3) is 6.08 Å². The number of ketones is 1. The third-order valence-electron chi connectivity index (χ3n) is 10.3. The van der Waals surface area contributed by atoms with Gasteiger partial charge < -0.3 is 24.6 Å². The molecule has 2 aliphatic carbocycles. The molecule has 0 radical (unpaired) electrons. The van der Waals surface area contributed by atoms with Crippen LogP contribution >= 0.6 is 0 Å². The van der Waals surface area contributed by atoms with Crippen molar-refractivity contribution in [3.05, 3.63) is 95.1 Å². The van der Waals surface area contributed by atoms with Gasteiger partial charge in [0.15, 0.2) is 17.3 Å². The zero-order chi connectivity index (χ0) is 32.4. The molecule has 4 aliphatic rings. The second-order valence-electron chi connectivity index (χ2n) is 12.6. The van der Waals surface area contributed by atoms with E-state index in [1.807, 2.05) is 30.3 Å².